The fourth-order valence-electron chi connectivity index (χ4n) is 4.00. The van der Waals surface area contributed by atoms with Gasteiger partial charge in [-0.3, -0.25) is 0 Å². The summed E-state index contributed by atoms with van der Waals surface area (Å²) in [6.07, 6.45) is 30.9. The number of rotatable bonds is 20. The number of allylic oxidation sites excluding steroid dienone is 1. The van der Waals surface area contributed by atoms with Crippen LogP contribution in [0.5, 0.6) is 0 Å². The molecular weight excluding hydrogens is 370 g/mol. The Kier molecular flexibility index (Phi) is 17.2. The van der Waals surface area contributed by atoms with E-state index >= 15 is 0 Å². The standard InChI is InChI=1S/C27H47NO2/c1-3-4-5-6-7-8-9-10-11-12-13-14-15-16-17-18-19-20-21-22-25-23-24-28-26(25)27(29)30-2/h21-24,28H,3-20H2,1-2H3. The van der Waals surface area contributed by atoms with E-state index in [1.165, 1.54) is 116 Å². The van der Waals surface area contributed by atoms with Gasteiger partial charge in [0.1, 0.15) is 5.69 Å². The summed E-state index contributed by atoms with van der Waals surface area (Å²) >= 11 is 0. The molecule has 1 rings (SSSR count). The predicted octanol–water partition coefficient (Wildman–Crippen LogP) is 8.86. The molecule has 0 atom stereocenters. The molecule has 172 valence electrons. The SMILES string of the molecule is CCCCCCCCCCCCCCCCCCCC=Cc1cc[nH]c1C(=O)OC. The highest BCUT2D eigenvalue weighted by molar-refractivity contribution is 5.91. The van der Waals surface area contributed by atoms with Crippen LogP contribution in [0.1, 0.15) is 139 Å². The minimum Gasteiger partial charge on any atom is -0.464 e. The number of hydrogen-bond acceptors (Lipinski definition) is 2. The van der Waals surface area contributed by atoms with Crippen LogP contribution < -0.4 is 0 Å². The number of aromatic nitrogens is 1. The third-order valence-electron chi connectivity index (χ3n) is 5.94. The molecule has 0 unspecified atom stereocenters. The molecule has 1 aromatic rings. The number of carbonyl (C=O) groups is 1. The number of ether oxygens (including phenoxy) is 1. The molecule has 0 radical (unpaired) electrons. The van der Waals surface area contributed by atoms with Gasteiger partial charge in [-0.15, -0.1) is 0 Å². The molecule has 0 saturated carbocycles. The Bertz CT molecular complexity index is 547. The summed E-state index contributed by atoms with van der Waals surface area (Å²) in [5.41, 5.74) is 1.45. The van der Waals surface area contributed by atoms with Gasteiger partial charge in [-0.2, -0.15) is 0 Å². The Hall–Kier alpha value is -1.51. The molecular formula is C27H47NO2. The lowest BCUT2D eigenvalue weighted by Crippen LogP contribution is -2.02. The van der Waals surface area contributed by atoms with Crippen molar-refractivity contribution < 1.29 is 9.53 Å². The van der Waals surface area contributed by atoms with Gasteiger partial charge in [-0.05, 0) is 18.9 Å². The normalized spacial score (nSPS) is 11.4. The molecule has 0 aliphatic carbocycles. The Balaban J connectivity index is 1.83. The average molecular weight is 418 g/mol. The average Bonchev–Trinajstić information content (AvgIpc) is 3.23. The Morgan fingerprint density at radius 2 is 1.27 bits per heavy atom. The number of hydrogen-bond donors (Lipinski definition) is 1. The van der Waals surface area contributed by atoms with Crippen molar-refractivity contribution in [1.82, 2.24) is 4.98 Å². The zero-order chi connectivity index (χ0) is 21.7. The number of aromatic amines is 1. The zero-order valence-corrected chi connectivity index (χ0v) is 19.9. The first-order chi connectivity index (χ1) is 14.8. The summed E-state index contributed by atoms with van der Waals surface area (Å²) in [5.74, 6) is -0.308. The van der Waals surface area contributed by atoms with Crippen molar-refractivity contribution in [3.8, 4) is 0 Å². The molecule has 1 aromatic heterocycles. The molecule has 0 aromatic carbocycles. The van der Waals surface area contributed by atoms with Crippen molar-refractivity contribution in [2.24, 2.45) is 0 Å². The second kappa shape index (κ2) is 19.5. The van der Waals surface area contributed by atoms with Crippen molar-refractivity contribution in [3.05, 3.63) is 29.6 Å². The third-order valence-corrected chi connectivity index (χ3v) is 5.94. The lowest BCUT2D eigenvalue weighted by Gasteiger charge is -2.03. The van der Waals surface area contributed by atoms with E-state index in [0.717, 1.165) is 12.0 Å². The molecule has 3 heteroatoms. The quantitative estimate of drug-likeness (QED) is 0.170. The number of nitrogens with one attached hydrogen (secondary N) is 1. The summed E-state index contributed by atoms with van der Waals surface area (Å²) in [6.45, 7) is 2.29. The van der Waals surface area contributed by atoms with Crippen LogP contribution in [0.25, 0.3) is 6.08 Å². The van der Waals surface area contributed by atoms with Crippen molar-refractivity contribution in [1.29, 1.82) is 0 Å². The fraction of sp³-hybridized carbons (Fsp3) is 0.741. The molecule has 1 heterocycles. The van der Waals surface area contributed by atoms with Crippen LogP contribution in [0.15, 0.2) is 18.3 Å². The number of methoxy groups -OCH3 is 1. The highest BCUT2D eigenvalue weighted by Crippen LogP contribution is 2.15. The monoisotopic (exact) mass is 417 g/mol. The van der Waals surface area contributed by atoms with E-state index in [0.29, 0.717) is 5.69 Å². The van der Waals surface area contributed by atoms with Crippen LogP contribution >= 0.6 is 0 Å². The van der Waals surface area contributed by atoms with Crippen molar-refractivity contribution in [3.63, 3.8) is 0 Å². The second-order valence-electron chi connectivity index (χ2n) is 8.65. The van der Waals surface area contributed by atoms with Gasteiger partial charge in [-0.1, -0.05) is 122 Å². The number of esters is 1. The molecule has 0 aliphatic rings. The largest absolute Gasteiger partial charge is 0.464 e. The maximum absolute atomic E-state index is 11.6. The smallest absolute Gasteiger partial charge is 0.355 e. The van der Waals surface area contributed by atoms with Gasteiger partial charge in [0.15, 0.2) is 0 Å². The Morgan fingerprint density at radius 3 is 1.73 bits per heavy atom. The first-order valence-corrected chi connectivity index (χ1v) is 12.7. The maximum Gasteiger partial charge on any atom is 0.355 e. The number of unbranched alkanes of at least 4 members (excludes halogenated alkanes) is 17. The van der Waals surface area contributed by atoms with Crippen molar-refractivity contribution in [2.75, 3.05) is 7.11 Å². The van der Waals surface area contributed by atoms with E-state index in [-0.39, 0.29) is 5.97 Å². The highest BCUT2D eigenvalue weighted by Gasteiger charge is 2.10. The van der Waals surface area contributed by atoms with Gasteiger partial charge in [0.25, 0.3) is 0 Å². The molecule has 0 fully saturated rings. The predicted molar refractivity (Wildman–Crippen MR) is 130 cm³/mol. The lowest BCUT2D eigenvalue weighted by atomic mass is 10.0. The molecule has 0 aliphatic heterocycles. The topological polar surface area (TPSA) is 42.1 Å². The van der Waals surface area contributed by atoms with Crippen LogP contribution in [-0.2, 0) is 4.74 Å². The van der Waals surface area contributed by atoms with Crippen LogP contribution in [0, 0.1) is 0 Å². The van der Waals surface area contributed by atoms with Gasteiger partial charge in [0.2, 0.25) is 0 Å². The van der Waals surface area contributed by atoms with E-state index in [1.54, 1.807) is 6.20 Å². The maximum atomic E-state index is 11.6. The van der Waals surface area contributed by atoms with E-state index < -0.39 is 0 Å². The molecule has 0 spiro atoms. The molecule has 0 saturated heterocycles. The highest BCUT2D eigenvalue weighted by atomic mass is 16.5. The van der Waals surface area contributed by atoms with E-state index in [4.69, 9.17) is 4.74 Å². The van der Waals surface area contributed by atoms with Gasteiger partial charge >= 0.3 is 5.97 Å². The Labute approximate surface area is 186 Å². The molecule has 1 N–H and O–H groups in total. The lowest BCUT2D eigenvalue weighted by molar-refractivity contribution is 0.0594. The van der Waals surface area contributed by atoms with Crippen LogP contribution in [0.3, 0.4) is 0 Å². The van der Waals surface area contributed by atoms with Gasteiger partial charge < -0.3 is 9.72 Å². The van der Waals surface area contributed by atoms with Gasteiger partial charge in [0.05, 0.1) is 7.11 Å². The summed E-state index contributed by atoms with van der Waals surface area (Å²) in [4.78, 5) is 14.6. The first kappa shape index (κ1) is 26.5. The van der Waals surface area contributed by atoms with Crippen molar-refractivity contribution in [2.45, 2.75) is 122 Å². The van der Waals surface area contributed by atoms with E-state index in [2.05, 4.69) is 18.0 Å². The van der Waals surface area contributed by atoms with Gasteiger partial charge in [0, 0.05) is 11.8 Å². The minimum absolute atomic E-state index is 0.308. The Morgan fingerprint density at radius 1 is 0.800 bits per heavy atom. The number of carbonyl (C=O) groups excluding carboxylic acids is 1. The summed E-state index contributed by atoms with van der Waals surface area (Å²) in [6, 6.07) is 1.91. The third kappa shape index (κ3) is 13.7. The molecule has 0 bridgehead atoms. The first-order valence-electron chi connectivity index (χ1n) is 12.7. The summed E-state index contributed by atoms with van der Waals surface area (Å²) in [7, 11) is 1.41. The van der Waals surface area contributed by atoms with Crippen LogP contribution in [-0.4, -0.2) is 18.1 Å². The van der Waals surface area contributed by atoms with E-state index in [9.17, 15) is 4.79 Å². The molecule has 3 nitrogen and oxygen atoms in total. The zero-order valence-electron chi connectivity index (χ0n) is 19.9. The second-order valence-corrected chi connectivity index (χ2v) is 8.65. The summed E-state index contributed by atoms with van der Waals surface area (Å²) in [5, 5.41) is 0. The van der Waals surface area contributed by atoms with Crippen molar-refractivity contribution >= 4 is 12.0 Å². The minimum atomic E-state index is -0.308. The van der Waals surface area contributed by atoms with Crippen LogP contribution in [0.2, 0.25) is 0 Å². The molecule has 0 amide bonds. The van der Waals surface area contributed by atoms with Crippen LogP contribution in [0.4, 0.5) is 0 Å². The fourth-order valence-corrected chi connectivity index (χ4v) is 4.00. The molecule has 30 heavy (non-hydrogen) atoms. The number of H-pyrrole nitrogens is 1. The van der Waals surface area contributed by atoms with Gasteiger partial charge in [-0.25, -0.2) is 4.79 Å². The van der Waals surface area contributed by atoms with E-state index in [1.807, 2.05) is 12.1 Å². The summed E-state index contributed by atoms with van der Waals surface area (Å²) < 4.78 is 4.77.